The van der Waals surface area contributed by atoms with Crippen molar-refractivity contribution < 1.29 is 14.3 Å². The van der Waals surface area contributed by atoms with Gasteiger partial charge in [0.1, 0.15) is 5.60 Å². The van der Waals surface area contributed by atoms with Crippen molar-refractivity contribution in [3.05, 3.63) is 0 Å². The fourth-order valence-corrected chi connectivity index (χ4v) is 3.03. The molecule has 0 N–H and O–H groups in total. The first-order valence-electron chi connectivity index (χ1n) is 8.70. The highest BCUT2D eigenvalue weighted by atomic mass is 16.6. The van der Waals surface area contributed by atoms with Crippen molar-refractivity contribution in [2.75, 3.05) is 59.5 Å². The second-order valence-electron chi connectivity index (χ2n) is 8.10. The van der Waals surface area contributed by atoms with Crippen LogP contribution in [-0.4, -0.2) is 91.5 Å². The average molecular weight is 327 g/mol. The molecule has 0 aromatic heterocycles. The number of likely N-dealkylation sites (N-methyl/N-ethyl adjacent to an activating group) is 1. The second kappa shape index (κ2) is 7.36. The van der Waals surface area contributed by atoms with Crippen LogP contribution in [0.2, 0.25) is 0 Å². The highest BCUT2D eigenvalue weighted by Gasteiger charge is 2.38. The zero-order chi connectivity index (χ0) is 17.1. The van der Waals surface area contributed by atoms with E-state index in [1.165, 1.54) is 0 Å². The van der Waals surface area contributed by atoms with Crippen LogP contribution in [0, 0.1) is 0 Å². The Morgan fingerprint density at radius 1 is 1.13 bits per heavy atom. The molecule has 23 heavy (non-hydrogen) atoms. The minimum Gasteiger partial charge on any atom is -0.444 e. The lowest BCUT2D eigenvalue weighted by molar-refractivity contribution is -0.0371. The summed E-state index contributed by atoms with van der Waals surface area (Å²) in [6.45, 7) is 15.3. The first-order valence-corrected chi connectivity index (χ1v) is 8.70. The standard InChI is InChI=1S/C17H33N3O3/c1-16(2,3)23-15(21)20-7-6-17(4,14-20)22-13-12-19-10-8-18(5)9-11-19/h6-14H2,1-5H3. The number of amides is 1. The molecule has 0 aromatic rings. The van der Waals surface area contributed by atoms with Crippen LogP contribution in [-0.2, 0) is 9.47 Å². The summed E-state index contributed by atoms with van der Waals surface area (Å²) >= 11 is 0. The largest absolute Gasteiger partial charge is 0.444 e. The van der Waals surface area contributed by atoms with Gasteiger partial charge >= 0.3 is 6.09 Å². The lowest BCUT2D eigenvalue weighted by Crippen LogP contribution is -2.46. The average Bonchev–Trinajstić information content (AvgIpc) is 2.82. The Bertz CT molecular complexity index is 402. The molecule has 0 saturated carbocycles. The van der Waals surface area contributed by atoms with Gasteiger partial charge in [0, 0.05) is 39.3 Å². The number of ether oxygens (including phenoxy) is 2. The molecule has 2 rings (SSSR count). The molecular weight excluding hydrogens is 294 g/mol. The van der Waals surface area contributed by atoms with E-state index in [9.17, 15) is 4.79 Å². The number of rotatable bonds is 4. The molecule has 0 spiro atoms. The monoisotopic (exact) mass is 327 g/mol. The van der Waals surface area contributed by atoms with Crippen LogP contribution in [0.1, 0.15) is 34.1 Å². The predicted molar refractivity (Wildman–Crippen MR) is 90.7 cm³/mol. The number of carbonyl (C=O) groups excluding carboxylic acids is 1. The van der Waals surface area contributed by atoms with E-state index >= 15 is 0 Å². The first kappa shape index (κ1) is 18.5. The van der Waals surface area contributed by atoms with E-state index < -0.39 is 5.60 Å². The molecule has 1 unspecified atom stereocenters. The van der Waals surface area contributed by atoms with E-state index in [-0.39, 0.29) is 11.7 Å². The fourth-order valence-electron chi connectivity index (χ4n) is 3.03. The van der Waals surface area contributed by atoms with Gasteiger partial charge in [0.15, 0.2) is 0 Å². The van der Waals surface area contributed by atoms with Crippen LogP contribution in [0.3, 0.4) is 0 Å². The van der Waals surface area contributed by atoms with E-state index in [2.05, 4.69) is 23.8 Å². The van der Waals surface area contributed by atoms with Gasteiger partial charge in [-0.15, -0.1) is 0 Å². The summed E-state index contributed by atoms with van der Waals surface area (Å²) in [6.07, 6.45) is 0.638. The van der Waals surface area contributed by atoms with Gasteiger partial charge in [-0.2, -0.15) is 0 Å². The zero-order valence-electron chi connectivity index (χ0n) is 15.4. The SMILES string of the molecule is CN1CCN(CCOC2(C)CCN(C(=O)OC(C)(C)C)C2)CC1. The van der Waals surface area contributed by atoms with Crippen LogP contribution in [0.15, 0.2) is 0 Å². The first-order chi connectivity index (χ1) is 10.7. The minimum atomic E-state index is -0.446. The summed E-state index contributed by atoms with van der Waals surface area (Å²) in [6, 6.07) is 0. The summed E-state index contributed by atoms with van der Waals surface area (Å²) in [5.74, 6) is 0. The van der Waals surface area contributed by atoms with Crippen molar-refractivity contribution in [1.82, 2.24) is 14.7 Å². The van der Waals surface area contributed by atoms with E-state index in [0.717, 1.165) is 45.8 Å². The van der Waals surface area contributed by atoms with Crippen molar-refractivity contribution in [2.45, 2.75) is 45.3 Å². The second-order valence-corrected chi connectivity index (χ2v) is 8.10. The molecule has 2 aliphatic heterocycles. The molecule has 0 radical (unpaired) electrons. The lowest BCUT2D eigenvalue weighted by atomic mass is 10.1. The maximum Gasteiger partial charge on any atom is 0.410 e. The molecule has 2 heterocycles. The van der Waals surface area contributed by atoms with Crippen molar-refractivity contribution in [3.8, 4) is 0 Å². The predicted octanol–water partition coefficient (Wildman–Crippen LogP) is 1.65. The third-order valence-corrected chi connectivity index (χ3v) is 4.54. The maximum absolute atomic E-state index is 12.1. The van der Waals surface area contributed by atoms with Crippen LogP contribution >= 0.6 is 0 Å². The highest BCUT2D eigenvalue weighted by Crippen LogP contribution is 2.26. The van der Waals surface area contributed by atoms with Crippen LogP contribution < -0.4 is 0 Å². The van der Waals surface area contributed by atoms with Crippen molar-refractivity contribution in [3.63, 3.8) is 0 Å². The Kier molecular flexibility index (Phi) is 5.92. The fraction of sp³-hybridized carbons (Fsp3) is 0.941. The van der Waals surface area contributed by atoms with Gasteiger partial charge in [0.2, 0.25) is 0 Å². The van der Waals surface area contributed by atoms with E-state index in [1.54, 1.807) is 4.90 Å². The summed E-state index contributed by atoms with van der Waals surface area (Å²) in [5, 5.41) is 0. The van der Waals surface area contributed by atoms with Crippen molar-refractivity contribution in [1.29, 1.82) is 0 Å². The number of piperazine rings is 1. The summed E-state index contributed by atoms with van der Waals surface area (Å²) in [5.41, 5.74) is -0.693. The van der Waals surface area contributed by atoms with Crippen LogP contribution in [0.5, 0.6) is 0 Å². The van der Waals surface area contributed by atoms with Crippen LogP contribution in [0.25, 0.3) is 0 Å². The Balaban J connectivity index is 1.70. The molecular formula is C17H33N3O3. The molecule has 134 valence electrons. The Morgan fingerprint density at radius 2 is 1.78 bits per heavy atom. The smallest absolute Gasteiger partial charge is 0.410 e. The number of nitrogens with zero attached hydrogens (tertiary/aromatic N) is 3. The molecule has 1 amide bonds. The topological polar surface area (TPSA) is 45.2 Å². The van der Waals surface area contributed by atoms with Gasteiger partial charge in [-0.05, 0) is 41.2 Å². The molecule has 2 saturated heterocycles. The molecule has 0 bridgehead atoms. The van der Waals surface area contributed by atoms with Gasteiger partial charge in [-0.3, -0.25) is 4.90 Å². The number of likely N-dealkylation sites (tertiary alicyclic amines) is 1. The molecule has 0 aromatic carbocycles. The lowest BCUT2D eigenvalue weighted by Gasteiger charge is -2.33. The third-order valence-electron chi connectivity index (χ3n) is 4.54. The Morgan fingerprint density at radius 3 is 2.39 bits per heavy atom. The molecule has 0 aliphatic carbocycles. The molecule has 2 aliphatic rings. The molecule has 6 heteroatoms. The van der Waals surface area contributed by atoms with Crippen molar-refractivity contribution >= 4 is 6.09 Å². The van der Waals surface area contributed by atoms with E-state index in [0.29, 0.717) is 13.1 Å². The highest BCUT2D eigenvalue weighted by molar-refractivity contribution is 5.68. The van der Waals surface area contributed by atoms with Gasteiger partial charge in [-0.1, -0.05) is 0 Å². The quantitative estimate of drug-likeness (QED) is 0.786. The number of carbonyl (C=O) groups is 1. The van der Waals surface area contributed by atoms with Gasteiger partial charge < -0.3 is 19.3 Å². The summed E-state index contributed by atoms with van der Waals surface area (Å²) in [7, 11) is 2.17. The molecule has 2 fully saturated rings. The maximum atomic E-state index is 12.1. The van der Waals surface area contributed by atoms with Gasteiger partial charge in [0.25, 0.3) is 0 Å². The van der Waals surface area contributed by atoms with E-state index in [4.69, 9.17) is 9.47 Å². The zero-order valence-corrected chi connectivity index (χ0v) is 15.4. The van der Waals surface area contributed by atoms with Crippen molar-refractivity contribution in [2.24, 2.45) is 0 Å². The van der Waals surface area contributed by atoms with Gasteiger partial charge in [0.05, 0.1) is 18.8 Å². The minimum absolute atomic E-state index is 0.233. The summed E-state index contributed by atoms with van der Waals surface area (Å²) in [4.78, 5) is 18.7. The molecule has 1 atom stereocenters. The normalized spacial score (nSPS) is 27.4. The van der Waals surface area contributed by atoms with E-state index in [1.807, 2.05) is 20.8 Å². The third kappa shape index (κ3) is 5.94. The number of hydrogen-bond donors (Lipinski definition) is 0. The van der Waals surface area contributed by atoms with Gasteiger partial charge in [-0.25, -0.2) is 4.79 Å². The molecule has 6 nitrogen and oxygen atoms in total. The Labute approximate surface area is 140 Å². The van der Waals surface area contributed by atoms with Crippen LogP contribution in [0.4, 0.5) is 4.79 Å². The Hall–Kier alpha value is -0.850. The summed E-state index contributed by atoms with van der Waals surface area (Å²) < 4.78 is 11.6. The number of hydrogen-bond acceptors (Lipinski definition) is 5.